The molecule has 5 rings (SSSR count). The summed E-state index contributed by atoms with van der Waals surface area (Å²) in [5.74, 6) is -1.31. The standard InChI is InChI=1S/C37H35Cl3F3N3O4S/c1-24-11-16-30(17-12-24)51(49,50)46(29-15-18-32(39)31(21-29)37(41,42)43)23-35(47)45(22-26-13-14-27(38)20-33(26)40)34(19-25-7-3-2-4-8-25)36(48)44-28-9-5-6-10-28/h2-4,7-8,11-18,20-21,28,34H,5-6,9-10,19,22-23H2,1H3,(H,44,48)/t34-/m1/s1. The van der Waals surface area contributed by atoms with Gasteiger partial charge in [-0.1, -0.05) is 102 Å². The molecule has 2 amide bonds. The van der Waals surface area contributed by atoms with E-state index in [-0.39, 0.29) is 28.9 Å². The molecular weight excluding hydrogens is 746 g/mol. The molecule has 0 aromatic heterocycles. The molecule has 4 aromatic carbocycles. The van der Waals surface area contributed by atoms with Gasteiger partial charge in [0.1, 0.15) is 12.6 Å². The van der Waals surface area contributed by atoms with Crippen molar-refractivity contribution in [1.82, 2.24) is 10.2 Å². The van der Waals surface area contributed by atoms with Crippen molar-refractivity contribution >= 4 is 62.3 Å². The van der Waals surface area contributed by atoms with Crippen LogP contribution in [0.4, 0.5) is 18.9 Å². The molecule has 1 atom stereocenters. The van der Waals surface area contributed by atoms with Gasteiger partial charge >= 0.3 is 6.18 Å². The number of hydrogen-bond donors (Lipinski definition) is 1. The number of benzene rings is 4. The number of nitrogens with zero attached hydrogens (tertiary/aromatic N) is 2. The lowest BCUT2D eigenvalue weighted by molar-refractivity contribution is -0.140. The number of sulfonamides is 1. The Morgan fingerprint density at radius 1 is 0.882 bits per heavy atom. The fourth-order valence-corrected chi connectivity index (χ4v) is 8.11. The summed E-state index contributed by atoms with van der Waals surface area (Å²) in [5.41, 5.74) is 0.159. The van der Waals surface area contributed by atoms with Crippen molar-refractivity contribution in [3.05, 3.63) is 128 Å². The molecule has 0 bridgehead atoms. The van der Waals surface area contributed by atoms with Gasteiger partial charge in [0.2, 0.25) is 11.8 Å². The lowest BCUT2D eigenvalue weighted by Crippen LogP contribution is -2.54. The van der Waals surface area contributed by atoms with Gasteiger partial charge in [0, 0.05) is 29.1 Å². The molecule has 0 heterocycles. The van der Waals surface area contributed by atoms with Crippen LogP contribution in [-0.2, 0) is 38.8 Å². The second-order valence-electron chi connectivity index (χ2n) is 12.4. The van der Waals surface area contributed by atoms with E-state index in [0.717, 1.165) is 48.9 Å². The van der Waals surface area contributed by atoms with E-state index in [1.54, 1.807) is 43.3 Å². The molecule has 0 unspecified atom stereocenters. The van der Waals surface area contributed by atoms with E-state index >= 15 is 0 Å². The number of alkyl halides is 3. The Hall–Kier alpha value is -3.77. The minimum Gasteiger partial charge on any atom is -0.352 e. The van der Waals surface area contributed by atoms with Crippen molar-refractivity contribution in [3.8, 4) is 0 Å². The van der Waals surface area contributed by atoms with Crippen LogP contribution in [0.5, 0.6) is 0 Å². The van der Waals surface area contributed by atoms with Gasteiger partial charge in [0.25, 0.3) is 10.0 Å². The monoisotopic (exact) mass is 779 g/mol. The molecule has 1 saturated carbocycles. The maximum atomic E-state index is 14.7. The van der Waals surface area contributed by atoms with Crippen LogP contribution < -0.4 is 9.62 Å². The van der Waals surface area contributed by atoms with Crippen LogP contribution in [0.3, 0.4) is 0 Å². The average molecular weight is 781 g/mol. The van der Waals surface area contributed by atoms with Gasteiger partial charge in [0.15, 0.2) is 0 Å². The van der Waals surface area contributed by atoms with Crippen LogP contribution in [0, 0.1) is 6.92 Å². The summed E-state index contributed by atoms with van der Waals surface area (Å²) >= 11 is 18.6. The van der Waals surface area contributed by atoms with E-state index in [9.17, 15) is 31.2 Å². The van der Waals surface area contributed by atoms with Crippen LogP contribution >= 0.6 is 34.8 Å². The second-order valence-corrected chi connectivity index (χ2v) is 15.6. The predicted octanol–water partition coefficient (Wildman–Crippen LogP) is 8.87. The van der Waals surface area contributed by atoms with Crippen LogP contribution in [0.15, 0.2) is 95.9 Å². The first kappa shape index (κ1) is 38.5. The minimum absolute atomic E-state index is 0.0558. The summed E-state index contributed by atoms with van der Waals surface area (Å²) in [6.45, 7) is 0.551. The zero-order valence-corrected chi connectivity index (χ0v) is 30.6. The van der Waals surface area contributed by atoms with Gasteiger partial charge in [-0.25, -0.2) is 8.42 Å². The van der Waals surface area contributed by atoms with Crippen LogP contribution in [0.1, 0.15) is 47.9 Å². The first-order valence-electron chi connectivity index (χ1n) is 16.2. The van der Waals surface area contributed by atoms with E-state index in [1.807, 2.05) is 6.07 Å². The fourth-order valence-electron chi connectivity index (χ4n) is 6.01. The number of hydrogen-bond acceptors (Lipinski definition) is 4. The zero-order chi connectivity index (χ0) is 36.9. The van der Waals surface area contributed by atoms with Crippen molar-refractivity contribution in [1.29, 1.82) is 0 Å². The molecule has 1 aliphatic rings. The van der Waals surface area contributed by atoms with Gasteiger partial charge < -0.3 is 10.2 Å². The SMILES string of the molecule is Cc1ccc(S(=O)(=O)N(CC(=O)N(Cc2ccc(Cl)cc2Cl)[C@H](Cc2ccccc2)C(=O)NC2CCCC2)c2ccc(Cl)c(C(F)(F)F)c2)cc1. The van der Waals surface area contributed by atoms with Crippen molar-refractivity contribution < 1.29 is 31.2 Å². The van der Waals surface area contributed by atoms with E-state index in [0.29, 0.717) is 21.0 Å². The lowest BCUT2D eigenvalue weighted by atomic mass is 10.0. The Balaban J connectivity index is 1.63. The maximum Gasteiger partial charge on any atom is 0.417 e. The van der Waals surface area contributed by atoms with E-state index < -0.39 is 56.9 Å². The van der Waals surface area contributed by atoms with Crippen molar-refractivity contribution in [3.63, 3.8) is 0 Å². The van der Waals surface area contributed by atoms with Gasteiger partial charge in [-0.15, -0.1) is 0 Å². The number of anilines is 1. The van der Waals surface area contributed by atoms with Gasteiger partial charge in [-0.05, 0) is 73.4 Å². The number of nitrogens with one attached hydrogen (secondary N) is 1. The zero-order valence-electron chi connectivity index (χ0n) is 27.5. The quantitative estimate of drug-likeness (QED) is 0.156. The summed E-state index contributed by atoms with van der Waals surface area (Å²) < 4.78 is 71.2. The first-order chi connectivity index (χ1) is 24.1. The second kappa shape index (κ2) is 16.3. The number of aryl methyl sites for hydroxylation is 1. The highest BCUT2D eigenvalue weighted by molar-refractivity contribution is 7.92. The highest BCUT2D eigenvalue weighted by Crippen LogP contribution is 2.38. The topological polar surface area (TPSA) is 86.8 Å². The summed E-state index contributed by atoms with van der Waals surface area (Å²) in [5, 5.41) is 2.95. The molecule has 1 fully saturated rings. The third-order valence-electron chi connectivity index (χ3n) is 8.76. The molecule has 14 heteroatoms. The number of halogens is 6. The molecule has 1 aliphatic carbocycles. The number of carbonyl (C=O) groups excluding carboxylic acids is 2. The summed E-state index contributed by atoms with van der Waals surface area (Å²) in [6.07, 6.45) is -1.47. The summed E-state index contributed by atoms with van der Waals surface area (Å²) in [7, 11) is -4.65. The molecule has 4 aromatic rings. The molecule has 270 valence electrons. The fraction of sp³-hybridized carbons (Fsp3) is 0.297. The summed E-state index contributed by atoms with van der Waals surface area (Å²) in [4.78, 5) is 29.8. The maximum absolute atomic E-state index is 14.7. The summed E-state index contributed by atoms with van der Waals surface area (Å²) in [6, 6.07) is 20.7. The highest BCUT2D eigenvalue weighted by Gasteiger charge is 2.38. The Morgan fingerprint density at radius 3 is 2.18 bits per heavy atom. The van der Waals surface area contributed by atoms with Crippen molar-refractivity contribution in [2.24, 2.45) is 0 Å². The number of carbonyl (C=O) groups is 2. The van der Waals surface area contributed by atoms with Crippen LogP contribution in [0.2, 0.25) is 15.1 Å². The van der Waals surface area contributed by atoms with Crippen LogP contribution in [-0.4, -0.2) is 43.8 Å². The van der Waals surface area contributed by atoms with Gasteiger partial charge in [-0.3, -0.25) is 13.9 Å². The van der Waals surface area contributed by atoms with E-state index in [4.69, 9.17) is 34.8 Å². The Bertz CT molecular complexity index is 1970. The number of amides is 2. The smallest absolute Gasteiger partial charge is 0.352 e. The van der Waals surface area contributed by atoms with E-state index in [1.165, 1.54) is 35.2 Å². The minimum atomic E-state index is -4.92. The third-order valence-corrected chi connectivity index (χ3v) is 11.5. The van der Waals surface area contributed by atoms with E-state index in [2.05, 4.69) is 5.32 Å². The van der Waals surface area contributed by atoms with Crippen molar-refractivity contribution in [2.75, 3.05) is 10.8 Å². The lowest BCUT2D eigenvalue weighted by Gasteiger charge is -2.34. The Morgan fingerprint density at radius 2 is 1.55 bits per heavy atom. The molecule has 1 N–H and O–H groups in total. The van der Waals surface area contributed by atoms with Gasteiger partial charge in [0.05, 0.1) is 21.2 Å². The molecule has 0 aliphatic heterocycles. The molecule has 0 spiro atoms. The molecule has 51 heavy (non-hydrogen) atoms. The molecule has 7 nitrogen and oxygen atoms in total. The molecular formula is C37H35Cl3F3N3O4S. The average Bonchev–Trinajstić information content (AvgIpc) is 3.59. The highest BCUT2D eigenvalue weighted by atomic mass is 35.5. The predicted molar refractivity (Wildman–Crippen MR) is 194 cm³/mol. The Labute approximate surface area is 310 Å². The van der Waals surface area contributed by atoms with Crippen LogP contribution in [0.25, 0.3) is 0 Å². The normalized spacial score (nSPS) is 14.3. The number of rotatable bonds is 12. The first-order valence-corrected chi connectivity index (χ1v) is 18.7. The van der Waals surface area contributed by atoms with Crippen molar-refractivity contribution in [2.45, 2.75) is 68.7 Å². The third kappa shape index (κ3) is 9.57. The molecule has 0 radical (unpaired) electrons. The molecule has 0 saturated heterocycles. The van der Waals surface area contributed by atoms with Gasteiger partial charge in [-0.2, -0.15) is 13.2 Å². The largest absolute Gasteiger partial charge is 0.417 e. The Kier molecular flexibility index (Phi) is 12.3.